The van der Waals surface area contributed by atoms with E-state index in [0.29, 0.717) is 31.8 Å². The van der Waals surface area contributed by atoms with Crippen LogP contribution >= 0.6 is 0 Å². The minimum Gasteiger partial charge on any atom is -0.494 e. The molecule has 7 nitrogen and oxygen atoms in total. The number of carbonyl (C=O) groups is 2. The van der Waals surface area contributed by atoms with Gasteiger partial charge in [0.1, 0.15) is 12.4 Å². The van der Waals surface area contributed by atoms with E-state index in [4.69, 9.17) is 9.47 Å². The number of methoxy groups -OCH3 is 1. The van der Waals surface area contributed by atoms with E-state index in [1.165, 1.54) is 20.0 Å². The summed E-state index contributed by atoms with van der Waals surface area (Å²) < 4.78 is 10.6. The summed E-state index contributed by atoms with van der Waals surface area (Å²) in [6.07, 6.45) is 5.53. The Morgan fingerprint density at radius 2 is 1.79 bits per heavy atom. The largest absolute Gasteiger partial charge is 0.494 e. The van der Waals surface area contributed by atoms with E-state index >= 15 is 0 Å². The van der Waals surface area contributed by atoms with Gasteiger partial charge in [0.25, 0.3) is 11.8 Å². The van der Waals surface area contributed by atoms with Crippen LogP contribution in [-0.4, -0.2) is 45.2 Å². The van der Waals surface area contributed by atoms with Gasteiger partial charge in [0.05, 0.1) is 6.61 Å². The maximum Gasteiger partial charge on any atom is 0.252 e. The van der Waals surface area contributed by atoms with Crippen LogP contribution in [0, 0.1) is 0 Å². The smallest absolute Gasteiger partial charge is 0.252 e. The van der Waals surface area contributed by atoms with E-state index < -0.39 is 0 Å². The molecule has 0 saturated heterocycles. The molecule has 0 aromatic heterocycles. The van der Waals surface area contributed by atoms with Crippen LogP contribution in [0.25, 0.3) is 0 Å². The van der Waals surface area contributed by atoms with Crippen molar-refractivity contribution in [2.24, 2.45) is 0 Å². The number of hydrogen-bond acceptors (Lipinski definition) is 5. The predicted molar refractivity (Wildman–Crippen MR) is 134 cm³/mol. The molecule has 184 valence electrons. The minimum absolute atomic E-state index is 0.0389. The van der Waals surface area contributed by atoms with Gasteiger partial charge >= 0.3 is 0 Å². The van der Waals surface area contributed by atoms with Crippen molar-refractivity contribution in [2.75, 3.05) is 38.3 Å². The van der Waals surface area contributed by atoms with Crippen molar-refractivity contribution in [2.45, 2.75) is 52.1 Å². The third-order valence-electron chi connectivity index (χ3n) is 5.94. The molecule has 0 spiro atoms. The number of hydrogen-bond donors (Lipinski definition) is 2. The zero-order valence-electron chi connectivity index (χ0n) is 20.4. The van der Waals surface area contributed by atoms with Gasteiger partial charge in [-0.3, -0.25) is 9.59 Å². The summed E-state index contributed by atoms with van der Waals surface area (Å²) in [4.78, 5) is 27.5. The van der Waals surface area contributed by atoms with Gasteiger partial charge in [-0.2, -0.15) is 0 Å². The van der Waals surface area contributed by atoms with Crippen LogP contribution in [0.5, 0.6) is 5.75 Å². The molecule has 7 heteroatoms. The number of rotatable bonds is 7. The zero-order chi connectivity index (χ0) is 24.2. The fraction of sp³-hybridized carbons (Fsp3) is 0.481. The molecule has 0 atom stereocenters. The van der Waals surface area contributed by atoms with Gasteiger partial charge in [-0.05, 0) is 67.8 Å². The van der Waals surface area contributed by atoms with Crippen LogP contribution in [0.1, 0.15) is 60.5 Å². The molecule has 0 unspecified atom stereocenters. The van der Waals surface area contributed by atoms with Crippen molar-refractivity contribution in [3.8, 4) is 5.75 Å². The van der Waals surface area contributed by atoms with E-state index in [0.717, 1.165) is 48.4 Å². The average molecular weight is 468 g/mol. The van der Waals surface area contributed by atoms with Crippen molar-refractivity contribution in [3.63, 3.8) is 0 Å². The number of nitrogens with zero attached hydrogens (tertiary/aromatic N) is 1. The fourth-order valence-electron chi connectivity index (χ4n) is 4.14. The van der Waals surface area contributed by atoms with Crippen LogP contribution in [0.4, 0.5) is 5.69 Å². The Kier molecular flexibility index (Phi) is 10.4. The van der Waals surface area contributed by atoms with Crippen molar-refractivity contribution < 1.29 is 19.1 Å². The summed E-state index contributed by atoms with van der Waals surface area (Å²) in [5.41, 5.74) is 3.37. The number of amides is 2. The maximum absolute atomic E-state index is 12.9. The molecule has 2 aromatic rings. The van der Waals surface area contributed by atoms with Gasteiger partial charge in [-0.25, -0.2) is 0 Å². The Bertz CT molecular complexity index is 930. The number of ether oxygens (including phenoxy) is 2. The lowest BCUT2D eigenvalue weighted by molar-refractivity contribution is -0.122. The van der Waals surface area contributed by atoms with Crippen LogP contribution in [-0.2, 0) is 22.6 Å². The Hall–Kier alpha value is -2.90. The fourth-order valence-corrected chi connectivity index (χ4v) is 4.14. The van der Waals surface area contributed by atoms with E-state index in [1.54, 1.807) is 6.07 Å². The highest BCUT2D eigenvalue weighted by atomic mass is 16.5. The normalized spacial score (nSPS) is 14.9. The molecule has 0 fully saturated rings. The monoisotopic (exact) mass is 467 g/mol. The second-order valence-corrected chi connectivity index (χ2v) is 8.53. The Labute approximate surface area is 202 Å². The molecule has 2 aromatic carbocycles. The van der Waals surface area contributed by atoms with Crippen LogP contribution in [0.3, 0.4) is 0 Å². The van der Waals surface area contributed by atoms with E-state index in [-0.39, 0.29) is 18.4 Å². The second-order valence-electron chi connectivity index (χ2n) is 8.53. The highest BCUT2D eigenvalue weighted by Crippen LogP contribution is 2.24. The molecule has 2 amide bonds. The molecule has 0 aliphatic carbocycles. The SMILES string of the molecule is CCOc1ccc(CNC(=O)c2ccc3c(c2)CNCCCCCCCN3C(=O)COC)cc1. The van der Waals surface area contributed by atoms with Gasteiger partial charge < -0.3 is 25.0 Å². The standard InChI is InChI=1S/C27H37N3O4/c1-3-34-24-12-9-21(10-13-24)18-29-27(32)22-11-14-25-23(17-22)19-28-15-7-5-4-6-8-16-30(25)26(31)20-33-2/h9-14,17,28H,3-8,15-16,18-20H2,1-2H3,(H,29,32). The van der Waals surface area contributed by atoms with Gasteiger partial charge in [-0.1, -0.05) is 31.4 Å². The lowest BCUT2D eigenvalue weighted by Crippen LogP contribution is -2.36. The summed E-state index contributed by atoms with van der Waals surface area (Å²) >= 11 is 0. The minimum atomic E-state index is -0.141. The Morgan fingerprint density at radius 1 is 1.03 bits per heavy atom. The molecule has 34 heavy (non-hydrogen) atoms. The summed E-state index contributed by atoms with van der Waals surface area (Å²) in [5, 5.41) is 6.47. The molecule has 1 heterocycles. The first kappa shape index (κ1) is 25.7. The van der Waals surface area contributed by atoms with Crippen LogP contribution in [0.2, 0.25) is 0 Å². The number of anilines is 1. The van der Waals surface area contributed by atoms with E-state index in [1.807, 2.05) is 48.2 Å². The van der Waals surface area contributed by atoms with Crippen LogP contribution in [0.15, 0.2) is 42.5 Å². The number of nitrogens with one attached hydrogen (secondary N) is 2. The molecule has 0 saturated carbocycles. The first-order valence-corrected chi connectivity index (χ1v) is 12.2. The number of fused-ring (bicyclic) bond motifs is 1. The van der Waals surface area contributed by atoms with Crippen molar-refractivity contribution in [3.05, 3.63) is 59.2 Å². The number of carbonyl (C=O) groups excluding carboxylic acids is 2. The van der Waals surface area contributed by atoms with Crippen molar-refractivity contribution >= 4 is 17.5 Å². The average Bonchev–Trinajstić information content (AvgIpc) is 2.84. The van der Waals surface area contributed by atoms with E-state index in [2.05, 4.69) is 10.6 Å². The Morgan fingerprint density at radius 3 is 2.56 bits per heavy atom. The molecule has 2 N–H and O–H groups in total. The van der Waals surface area contributed by atoms with E-state index in [9.17, 15) is 9.59 Å². The highest BCUT2D eigenvalue weighted by molar-refractivity contribution is 5.98. The van der Waals surface area contributed by atoms with Gasteiger partial charge in [-0.15, -0.1) is 0 Å². The lowest BCUT2D eigenvalue weighted by Gasteiger charge is -2.26. The number of benzene rings is 2. The van der Waals surface area contributed by atoms with Crippen LogP contribution < -0.4 is 20.3 Å². The van der Waals surface area contributed by atoms with Gasteiger partial charge in [0, 0.05) is 38.0 Å². The van der Waals surface area contributed by atoms with Crippen molar-refractivity contribution in [1.29, 1.82) is 0 Å². The zero-order valence-corrected chi connectivity index (χ0v) is 20.4. The predicted octanol–water partition coefficient (Wildman–Crippen LogP) is 4.05. The summed E-state index contributed by atoms with van der Waals surface area (Å²) in [7, 11) is 1.54. The molecular weight excluding hydrogens is 430 g/mol. The molecule has 1 aliphatic heterocycles. The first-order chi connectivity index (χ1) is 16.6. The topological polar surface area (TPSA) is 79.9 Å². The quantitative estimate of drug-likeness (QED) is 0.642. The second kappa shape index (κ2) is 13.7. The molecular formula is C27H37N3O4. The van der Waals surface area contributed by atoms with Gasteiger partial charge in [0.2, 0.25) is 0 Å². The maximum atomic E-state index is 12.9. The summed E-state index contributed by atoms with van der Waals surface area (Å²) in [5.74, 6) is 0.614. The summed E-state index contributed by atoms with van der Waals surface area (Å²) in [6.45, 7) is 5.21. The molecule has 3 rings (SSSR count). The Balaban J connectivity index is 1.76. The van der Waals surface area contributed by atoms with Gasteiger partial charge in [0.15, 0.2) is 0 Å². The van der Waals surface area contributed by atoms with Crippen molar-refractivity contribution in [1.82, 2.24) is 10.6 Å². The lowest BCUT2D eigenvalue weighted by atomic mass is 10.0. The molecule has 0 bridgehead atoms. The third kappa shape index (κ3) is 7.57. The first-order valence-electron chi connectivity index (χ1n) is 12.2. The molecule has 0 radical (unpaired) electrons. The highest BCUT2D eigenvalue weighted by Gasteiger charge is 2.20. The molecule has 1 aliphatic rings. The third-order valence-corrected chi connectivity index (χ3v) is 5.94. The summed E-state index contributed by atoms with van der Waals surface area (Å²) in [6, 6.07) is 13.3.